The molecule has 1 saturated carbocycles. The summed E-state index contributed by atoms with van der Waals surface area (Å²) in [6.45, 7) is 1.47. The van der Waals surface area contributed by atoms with Crippen LogP contribution in [0.3, 0.4) is 0 Å². The summed E-state index contributed by atoms with van der Waals surface area (Å²) in [6.07, 6.45) is 0.997. The van der Waals surface area contributed by atoms with Crippen LogP contribution in [0.5, 0.6) is 5.75 Å². The number of carbonyl (C=O) groups is 1. The fourth-order valence-electron chi connectivity index (χ4n) is 2.73. The van der Waals surface area contributed by atoms with Crippen LogP contribution in [0.15, 0.2) is 24.3 Å². The van der Waals surface area contributed by atoms with Crippen LogP contribution in [0.4, 0.5) is 0 Å². The standard InChI is InChI=1S/C17H24N2O4/c1-22-13-6-2-11(3-7-13)8-18-14-10-23-15(16(14)20)9-19-17(21)12-4-5-12/h2-3,6-7,12,14-16,18,20H,4-5,8-10H2,1H3,(H,19,21)/t14-,15-,16+/m1/s1. The third kappa shape index (κ3) is 4.22. The number of aliphatic hydroxyl groups is 1. The van der Waals surface area contributed by atoms with E-state index in [9.17, 15) is 9.90 Å². The molecule has 1 aliphatic heterocycles. The monoisotopic (exact) mass is 320 g/mol. The molecule has 6 nitrogen and oxygen atoms in total. The second kappa shape index (κ2) is 7.29. The van der Waals surface area contributed by atoms with Crippen molar-refractivity contribution in [1.82, 2.24) is 10.6 Å². The van der Waals surface area contributed by atoms with Gasteiger partial charge in [0.2, 0.25) is 5.91 Å². The van der Waals surface area contributed by atoms with Gasteiger partial charge in [0, 0.05) is 19.0 Å². The van der Waals surface area contributed by atoms with Gasteiger partial charge in [-0.15, -0.1) is 0 Å². The Morgan fingerprint density at radius 3 is 2.74 bits per heavy atom. The molecule has 3 atom stereocenters. The molecule has 6 heteroatoms. The van der Waals surface area contributed by atoms with Crippen LogP contribution < -0.4 is 15.4 Å². The summed E-state index contributed by atoms with van der Waals surface area (Å²) in [5, 5.41) is 16.5. The minimum Gasteiger partial charge on any atom is -0.497 e. The van der Waals surface area contributed by atoms with E-state index >= 15 is 0 Å². The van der Waals surface area contributed by atoms with Crippen LogP contribution in [0.25, 0.3) is 0 Å². The van der Waals surface area contributed by atoms with E-state index < -0.39 is 6.10 Å². The van der Waals surface area contributed by atoms with Crippen molar-refractivity contribution < 1.29 is 19.4 Å². The molecule has 0 unspecified atom stereocenters. The second-order valence-corrected chi connectivity index (χ2v) is 6.22. The summed E-state index contributed by atoms with van der Waals surface area (Å²) in [4.78, 5) is 11.6. The molecule has 0 aromatic heterocycles. The highest BCUT2D eigenvalue weighted by Crippen LogP contribution is 2.28. The number of aliphatic hydroxyl groups excluding tert-OH is 1. The van der Waals surface area contributed by atoms with Crippen molar-refractivity contribution in [2.24, 2.45) is 5.92 Å². The normalized spacial score (nSPS) is 27.0. The van der Waals surface area contributed by atoms with Gasteiger partial charge in [0.25, 0.3) is 0 Å². The van der Waals surface area contributed by atoms with Crippen LogP contribution >= 0.6 is 0 Å². The number of hydrogen-bond donors (Lipinski definition) is 3. The van der Waals surface area contributed by atoms with Gasteiger partial charge in [-0.25, -0.2) is 0 Å². The average Bonchev–Trinajstić information content (AvgIpc) is 3.37. The van der Waals surface area contributed by atoms with Crippen molar-refractivity contribution in [2.75, 3.05) is 20.3 Å². The van der Waals surface area contributed by atoms with Gasteiger partial charge in [0.1, 0.15) is 11.9 Å². The average molecular weight is 320 g/mol. The Morgan fingerprint density at radius 2 is 2.09 bits per heavy atom. The van der Waals surface area contributed by atoms with E-state index in [0.717, 1.165) is 24.2 Å². The predicted molar refractivity (Wildman–Crippen MR) is 85.1 cm³/mol. The minimum absolute atomic E-state index is 0.0791. The van der Waals surface area contributed by atoms with Crippen molar-refractivity contribution in [3.8, 4) is 5.75 Å². The molecule has 1 heterocycles. The van der Waals surface area contributed by atoms with Crippen LogP contribution in [-0.4, -0.2) is 49.5 Å². The molecule has 3 rings (SSSR count). The maximum absolute atomic E-state index is 11.6. The summed E-state index contributed by atoms with van der Waals surface area (Å²) in [5.74, 6) is 1.08. The van der Waals surface area contributed by atoms with Crippen LogP contribution in [0.1, 0.15) is 18.4 Å². The first-order valence-electron chi connectivity index (χ1n) is 8.11. The fraction of sp³-hybridized carbons (Fsp3) is 0.588. The van der Waals surface area contributed by atoms with E-state index in [-0.39, 0.29) is 24.0 Å². The number of nitrogens with one attached hydrogen (secondary N) is 2. The number of rotatable bonds is 7. The lowest BCUT2D eigenvalue weighted by atomic mass is 10.1. The van der Waals surface area contributed by atoms with E-state index in [1.165, 1.54) is 0 Å². The number of amides is 1. The molecular formula is C17H24N2O4. The van der Waals surface area contributed by atoms with Gasteiger partial charge in [-0.05, 0) is 30.5 Å². The number of benzene rings is 1. The topological polar surface area (TPSA) is 79.8 Å². The van der Waals surface area contributed by atoms with Gasteiger partial charge in [0.05, 0.1) is 25.9 Å². The summed E-state index contributed by atoms with van der Waals surface area (Å²) < 4.78 is 10.7. The highest BCUT2D eigenvalue weighted by molar-refractivity contribution is 5.80. The Labute approximate surface area is 136 Å². The van der Waals surface area contributed by atoms with Gasteiger partial charge >= 0.3 is 0 Å². The second-order valence-electron chi connectivity index (χ2n) is 6.22. The summed E-state index contributed by atoms with van der Waals surface area (Å²) >= 11 is 0. The predicted octanol–water partition coefficient (Wildman–Crippen LogP) is 0.439. The number of methoxy groups -OCH3 is 1. The van der Waals surface area contributed by atoms with Crippen molar-refractivity contribution >= 4 is 5.91 Å². The molecule has 2 fully saturated rings. The van der Waals surface area contributed by atoms with Crippen molar-refractivity contribution in [3.05, 3.63) is 29.8 Å². The summed E-state index contributed by atoms with van der Waals surface area (Å²) in [5.41, 5.74) is 1.11. The van der Waals surface area contributed by atoms with Gasteiger partial charge in [0.15, 0.2) is 0 Å². The molecule has 1 amide bonds. The number of ether oxygens (including phenoxy) is 2. The first-order chi connectivity index (χ1) is 11.2. The molecule has 23 heavy (non-hydrogen) atoms. The molecule has 0 spiro atoms. The Hall–Kier alpha value is -1.63. The van der Waals surface area contributed by atoms with Crippen molar-refractivity contribution in [1.29, 1.82) is 0 Å². The molecule has 3 N–H and O–H groups in total. The third-order valence-electron chi connectivity index (χ3n) is 4.44. The lowest BCUT2D eigenvalue weighted by Crippen LogP contribution is -2.44. The Kier molecular flexibility index (Phi) is 5.15. The van der Waals surface area contributed by atoms with Crippen LogP contribution in [0.2, 0.25) is 0 Å². The lowest BCUT2D eigenvalue weighted by Gasteiger charge is -2.19. The molecule has 1 saturated heterocycles. The zero-order chi connectivity index (χ0) is 16.2. The molecule has 1 aliphatic carbocycles. The SMILES string of the molecule is COc1ccc(CN[C@@H]2CO[C@H](CNC(=O)C3CC3)[C@H]2O)cc1. The summed E-state index contributed by atoms with van der Waals surface area (Å²) in [7, 11) is 1.64. The van der Waals surface area contributed by atoms with Gasteiger partial charge in [-0.2, -0.15) is 0 Å². The smallest absolute Gasteiger partial charge is 0.223 e. The van der Waals surface area contributed by atoms with Crippen molar-refractivity contribution in [2.45, 2.75) is 37.6 Å². The molecule has 0 bridgehead atoms. The first-order valence-corrected chi connectivity index (χ1v) is 8.11. The molecule has 1 aromatic carbocycles. The lowest BCUT2D eigenvalue weighted by molar-refractivity contribution is -0.123. The molecular weight excluding hydrogens is 296 g/mol. The quantitative estimate of drug-likeness (QED) is 0.679. The third-order valence-corrected chi connectivity index (χ3v) is 4.44. The zero-order valence-electron chi connectivity index (χ0n) is 13.3. The van der Waals surface area contributed by atoms with E-state index in [1.54, 1.807) is 7.11 Å². The molecule has 126 valence electrons. The van der Waals surface area contributed by atoms with Crippen LogP contribution in [-0.2, 0) is 16.1 Å². The number of hydrogen-bond acceptors (Lipinski definition) is 5. The van der Waals surface area contributed by atoms with E-state index in [2.05, 4.69) is 10.6 Å². The fourth-order valence-corrected chi connectivity index (χ4v) is 2.73. The molecule has 0 radical (unpaired) electrons. The van der Waals surface area contributed by atoms with E-state index in [4.69, 9.17) is 9.47 Å². The Bertz CT molecular complexity index is 530. The highest BCUT2D eigenvalue weighted by atomic mass is 16.5. The van der Waals surface area contributed by atoms with Crippen LogP contribution in [0, 0.1) is 5.92 Å². The van der Waals surface area contributed by atoms with Gasteiger partial charge in [-0.3, -0.25) is 4.79 Å². The van der Waals surface area contributed by atoms with E-state index in [1.807, 2.05) is 24.3 Å². The Balaban J connectivity index is 1.42. The van der Waals surface area contributed by atoms with Gasteiger partial charge < -0.3 is 25.2 Å². The largest absolute Gasteiger partial charge is 0.497 e. The zero-order valence-corrected chi connectivity index (χ0v) is 13.3. The molecule has 2 aliphatic rings. The summed E-state index contributed by atoms with van der Waals surface area (Å²) in [6, 6.07) is 7.67. The maximum Gasteiger partial charge on any atom is 0.223 e. The molecule has 1 aromatic rings. The van der Waals surface area contributed by atoms with E-state index in [0.29, 0.717) is 19.7 Å². The van der Waals surface area contributed by atoms with Gasteiger partial charge in [-0.1, -0.05) is 12.1 Å². The first kappa shape index (κ1) is 16.2. The Morgan fingerprint density at radius 1 is 1.35 bits per heavy atom. The number of carbonyl (C=O) groups excluding carboxylic acids is 1. The highest BCUT2D eigenvalue weighted by Gasteiger charge is 2.37. The maximum atomic E-state index is 11.6. The minimum atomic E-state index is -0.618. The van der Waals surface area contributed by atoms with Crippen molar-refractivity contribution in [3.63, 3.8) is 0 Å².